The van der Waals surface area contributed by atoms with E-state index in [2.05, 4.69) is 288 Å². The Bertz CT molecular complexity index is 4720. The molecule has 0 radical (unpaired) electrons. The molecular formula is C77H50N2. The third kappa shape index (κ3) is 6.65. The average molecular weight is 1000 g/mol. The van der Waals surface area contributed by atoms with Crippen molar-refractivity contribution in [1.29, 1.82) is 0 Å². The van der Waals surface area contributed by atoms with Crippen LogP contribution in [0.25, 0.3) is 132 Å². The van der Waals surface area contributed by atoms with Gasteiger partial charge in [-0.3, -0.25) is 0 Å². The van der Waals surface area contributed by atoms with E-state index < -0.39 is 0 Å². The number of aromatic nitrogens is 2. The summed E-state index contributed by atoms with van der Waals surface area (Å²) in [7, 11) is 0. The fourth-order valence-corrected chi connectivity index (χ4v) is 14.1. The molecule has 15 aromatic rings. The van der Waals surface area contributed by atoms with Crippen molar-refractivity contribution in [3.63, 3.8) is 0 Å². The molecule has 2 aromatic heterocycles. The van der Waals surface area contributed by atoms with E-state index in [1.165, 1.54) is 154 Å². The van der Waals surface area contributed by atoms with E-state index in [1.807, 2.05) is 0 Å². The van der Waals surface area contributed by atoms with Gasteiger partial charge in [0.25, 0.3) is 0 Å². The van der Waals surface area contributed by atoms with Crippen molar-refractivity contribution in [3.8, 4) is 67.0 Å². The molecular weight excluding hydrogens is 953 g/mol. The maximum Gasteiger partial charge on any atom is 0.0541 e. The molecule has 2 aliphatic carbocycles. The van der Waals surface area contributed by atoms with E-state index >= 15 is 0 Å². The second-order valence-electron chi connectivity index (χ2n) is 22.0. The molecule has 368 valence electrons. The predicted octanol–water partition coefficient (Wildman–Crippen LogP) is 20.1. The van der Waals surface area contributed by atoms with Crippen LogP contribution in [0.2, 0.25) is 0 Å². The van der Waals surface area contributed by atoms with Crippen LogP contribution in [0.5, 0.6) is 0 Å². The summed E-state index contributed by atoms with van der Waals surface area (Å²) in [5, 5.41) is 10.0. The van der Waals surface area contributed by atoms with E-state index in [4.69, 9.17) is 0 Å². The van der Waals surface area contributed by atoms with E-state index in [1.54, 1.807) is 0 Å². The average Bonchev–Trinajstić information content (AvgIpc) is 4.18. The first kappa shape index (κ1) is 44.1. The number of aryl methyl sites for hydroxylation is 1. The van der Waals surface area contributed by atoms with Crippen LogP contribution >= 0.6 is 0 Å². The lowest BCUT2D eigenvalue weighted by Crippen LogP contribution is -2.23. The molecule has 0 saturated carbocycles. The van der Waals surface area contributed by atoms with Crippen LogP contribution in [0.15, 0.2) is 279 Å². The van der Waals surface area contributed by atoms with Gasteiger partial charge in [0.1, 0.15) is 0 Å². The van der Waals surface area contributed by atoms with Crippen molar-refractivity contribution < 1.29 is 0 Å². The summed E-state index contributed by atoms with van der Waals surface area (Å²) in [4.78, 5) is 0. The Balaban J connectivity index is 0.699. The first-order chi connectivity index (χ1) is 39.1. The van der Waals surface area contributed by atoms with Crippen molar-refractivity contribution in [2.45, 2.75) is 18.3 Å². The standard InChI is InChI=1S/C77H50N2/c1-3-14-56-43-62(35-29-49(56)11-1)78-73-19-9-6-16-66(73)68-45-58(33-39-75(68)78)51-21-25-53(26-22-51)60-31-37-64-65-38-32-61(48-72(65)77(71(64)47-60)42-41-55-13-5-8-18-70(55)77)54-27-23-52(24-28-54)59-34-40-76-69(46-59)67-17-7-10-20-74(67)79(76)63-36-30-50-12-2-4-15-57(50)44-63/h1-40,43-48H,41-42H2. The molecule has 13 aromatic carbocycles. The molecule has 2 aliphatic rings. The summed E-state index contributed by atoms with van der Waals surface area (Å²) >= 11 is 0. The summed E-state index contributed by atoms with van der Waals surface area (Å²) in [5.41, 5.74) is 25.3. The SMILES string of the molecule is c1ccc2c(c1)CCC21c2cc(-c3ccc(-c4ccc5c(c4)c4ccccc4n5-c4ccc5ccccc5c4)cc3)ccc2-c2ccc(-c3ccc(-c4ccc5c(c4)c4ccccc4n5-c4ccc5ccccc5c4)cc3)cc21. The number of para-hydroxylation sites is 2. The minimum absolute atomic E-state index is 0.226. The molecule has 0 amide bonds. The quantitative estimate of drug-likeness (QED) is 0.157. The normalized spacial score (nSPS) is 13.3. The predicted molar refractivity (Wildman–Crippen MR) is 332 cm³/mol. The highest BCUT2D eigenvalue weighted by molar-refractivity contribution is 6.12. The Morgan fingerprint density at radius 1 is 0.253 bits per heavy atom. The fraction of sp³-hybridized carbons (Fsp3) is 0.0390. The molecule has 0 aliphatic heterocycles. The van der Waals surface area contributed by atoms with Gasteiger partial charge in [0.05, 0.1) is 22.1 Å². The lowest BCUT2D eigenvalue weighted by atomic mass is 9.72. The Morgan fingerprint density at radius 2 is 0.633 bits per heavy atom. The summed E-state index contributed by atoms with van der Waals surface area (Å²) in [6, 6.07) is 105. The van der Waals surface area contributed by atoms with Gasteiger partial charge in [-0.1, -0.05) is 206 Å². The van der Waals surface area contributed by atoms with Crippen LogP contribution in [0, 0.1) is 0 Å². The van der Waals surface area contributed by atoms with Gasteiger partial charge in [-0.15, -0.1) is 0 Å². The smallest absolute Gasteiger partial charge is 0.0541 e. The number of fused-ring (bicyclic) bond motifs is 15. The summed E-state index contributed by atoms with van der Waals surface area (Å²) in [6.45, 7) is 0. The maximum absolute atomic E-state index is 2.52. The Hall–Kier alpha value is -10.0. The maximum atomic E-state index is 2.52. The molecule has 79 heavy (non-hydrogen) atoms. The van der Waals surface area contributed by atoms with Crippen LogP contribution in [-0.4, -0.2) is 9.13 Å². The minimum atomic E-state index is -0.226. The highest BCUT2D eigenvalue weighted by atomic mass is 15.0. The molecule has 0 bridgehead atoms. The molecule has 0 atom stereocenters. The van der Waals surface area contributed by atoms with E-state index in [9.17, 15) is 0 Å². The van der Waals surface area contributed by atoms with Gasteiger partial charge in [0.2, 0.25) is 0 Å². The Labute approximate surface area is 458 Å². The van der Waals surface area contributed by atoms with Crippen molar-refractivity contribution in [1.82, 2.24) is 9.13 Å². The van der Waals surface area contributed by atoms with Crippen LogP contribution in [0.3, 0.4) is 0 Å². The molecule has 0 saturated heterocycles. The van der Waals surface area contributed by atoms with Crippen LogP contribution in [-0.2, 0) is 11.8 Å². The fourth-order valence-electron chi connectivity index (χ4n) is 14.1. The molecule has 2 heteroatoms. The van der Waals surface area contributed by atoms with Crippen LogP contribution in [0.4, 0.5) is 0 Å². The van der Waals surface area contributed by atoms with E-state index in [0.717, 1.165) is 12.8 Å². The number of hydrogen-bond acceptors (Lipinski definition) is 0. The van der Waals surface area contributed by atoms with Gasteiger partial charge < -0.3 is 9.13 Å². The van der Waals surface area contributed by atoms with Crippen molar-refractivity contribution >= 4 is 65.2 Å². The van der Waals surface area contributed by atoms with E-state index in [0.29, 0.717) is 0 Å². The highest BCUT2D eigenvalue weighted by Crippen LogP contribution is 2.59. The highest BCUT2D eigenvalue weighted by Gasteiger charge is 2.48. The molecule has 0 unspecified atom stereocenters. The minimum Gasteiger partial charge on any atom is -0.309 e. The second-order valence-corrected chi connectivity index (χ2v) is 22.0. The lowest BCUT2D eigenvalue weighted by Gasteiger charge is -2.29. The summed E-state index contributed by atoms with van der Waals surface area (Å²) in [5.74, 6) is 0. The van der Waals surface area contributed by atoms with Gasteiger partial charge in [-0.05, 0) is 185 Å². The monoisotopic (exact) mass is 1000 g/mol. The zero-order valence-electron chi connectivity index (χ0n) is 43.4. The van der Waals surface area contributed by atoms with E-state index in [-0.39, 0.29) is 5.41 Å². The molecule has 2 nitrogen and oxygen atoms in total. The number of hydrogen-bond donors (Lipinski definition) is 0. The Kier molecular flexibility index (Phi) is 9.49. The Morgan fingerprint density at radius 3 is 1.13 bits per heavy atom. The molecule has 17 rings (SSSR count). The molecule has 1 spiro atoms. The van der Waals surface area contributed by atoms with Gasteiger partial charge in [0, 0.05) is 38.3 Å². The van der Waals surface area contributed by atoms with Gasteiger partial charge in [-0.2, -0.15) is 0 Å². The van der Waals surface area contributed by atoms with Crippen LogP contribution in [0.1, 0.15) is 28.7 Å². The largest absolute Gasteiger partial charge is 0.309 e. The topological polar surface area (TPSA) is 9.86 Å². The zero-order valence-corrected chi connectivity index (χ0v) is 43.4. The van der Waals surface area contributed by atoms with Gasteiger partial charge in [0.15, 0.2) is 0 Å². The molecule has 2 heterocycles. The second kappa shape index (κ2) is 17.0. The third-order valence-corrected chi connectivity index (χ3v) is 17.9. The van der Waals surface area contributed by atoms with Crippen molar-refractivity contribution in [2.24, 2.45) is 0 Å². The number of rotatable bonds is 6. The molecule has 0 fully saturated rings. The lowest BCUT2D eigenvalue weighted by molar-refractivity contribution is 0.626. The van der Waals surface area contributed by atoms with Crippen molar-refractivity contribution in [3.05, 3.63) is 301 Å². The summed E-state index contributed by atoms with van der Waals surface area (Å²) < 4.78 is 4.83. The first-order valence-corrected chi connectivity index (χ1v) is 27.8. The first-order valence-electron chi connectivity index (χ1n) is 27.8. The van der Waals surface area contributed by atoms with Gasteiger partial charge in [-0.25, -0.2) is 0 Å². The summed E-state index contributed by atoms with van der Waals surface area (Å²) in [6.07, 6.45) is 2.11. The number of nitrogens with zero attached hydrogens (tertiary/aromatic N) is 2. The number of benzene rings is 13. The van der Waals surface area contributed by atoms with Crippen molar-refractivity contribution in [2.75, 3.05) is 0 Å². The zero-order chi connectivity index (χ0) is 51.8. The van der Waals surface area contributed by atoms with Gasteiger partial charge >= 0.3 is 0 Å². The molecule has 0 N–H and O–H groups in total. The third-order valence-electron chi connectivity index (χ3n) is 17.9. The van der Waals surface area contributed by atoms with Crippen LogP contribution < -0.4 is 0 Å².